The monoisotopic (exact) mass is 195 g/mol. The Kier molecular flexibility index (Phi) is 2.31. The molecule has 76 valence electrons. The van der Waals surface area contributed by atoms with Gasteiger partial charge in [0.15, 0.2) is 11.5 Å². The molecule has 1 aliphatic heterocycles. The van der Waals surface area contributed by atoms with Crippen LogP contribution < -0.4 is 15.2 Å². The Morgan fingerprint density at radius 2 is 2.07 bits per heavy atom. The molecule has 3 N–H and O–H groups in total. The summed E-state index contributed by atoms with van der Waals surface area (Å²) >= 11 is 0. The number of aliphatic hydroxyl groups is 1. The molecule has 0 saturated heterocycles. The fraction of sp³-hybridized carbons (Fsp3) is 0.400. The maximum absolute atomic E-state index is 8.96. The van der Waals surface area contributed by atoms with Crippen LogP contribution in [0.25, 0.3) is 0 Å². The molecule has 2 rings (SSSR count). The molecule has 0 amide bonds. The van der Waals surface area contributed by atoms with Crippen molar-refractivity contribution in [2.75, 3.05) is 13.4 Å². The van der Waals surface area contributed by atoms with Crippen LogP contribution in [0.4, 0.5) is 0 Å². The fourth-order valence-corrected chi connectivity index (χ4v) is 1.56. The fourth-order valence-electron chi connectivity index (χ4n) is 1.56. The predicted octanol–water partition coefficient (Wildman–Crippen LogP) is 0.716. The zero-order valence-corrected chi connectivity index (χ0v) is 7.99. The molecule has 4 heteroatoms. The summed E-state index contributed by atoms with van der Waals surface area (Å²) in [6.45, 7) is 2.12. The summed E-state index contributed by atoms with van der Waals surface area (Å²) in [6, 6.07) is 3.36. The highest BCUT2D eigenvalue weighted by Gasteiger charge is 2.17. The van der Waals surface area contributed by atoms with Gasteiger partial charge in [-0.15, -0.1) is 0 Å². The van der Waals surface area contributed by atoms with E-state index in [4.69, 9.17) is 20.3 Å². The topological polar surface area (TPSA) is 64.7 Å². The highest BCUT2D eigenvalue weighted by atomic mass is 16.7. The van der Waals surface area contributed by atoms with E-state index in [1.807, 2.05) is 19.1 Å². The van der Waals surface area contributed by atoms with Crippen molar-refractivity contribution in [2.45, 2.75) is 13.0 Å². The summed E-state index contributed by atoms with van der Waals surface area (Å²) < 4.78 is 10.5. The van der Waals surface area contributed by atoms with Crippen LogP contribution in [-0.4, -0.2) is 18.5 Å². The molecular formula is C10H13NO3. The Bertz CT molecular complexity index is 351. The minimum atomic E-state index is -0.357. The van der Waals surface area contributed by atoms with Gasteiger partial charge in [0.25, 0.3) is 0 Å². The third kappa shape index (κ3) is 1.42. The molecule has 0 unspecified atom stereocenters. The Labute approximate surface area is 82.2 Å². The number of fused-ring (bicyclic) bond motifs is 1. The Hall–Kier alpha value is -1.26. The number of hydrogen-bond acceptors (Lipinski definition) is 4. The highest BCUT2D eigenvalue weighted by molar-refractivity contribution is 5.49. The molecule has 0 fully saturated rings. The van der Waals surface area contributed by atoms with Gasteiger partial charge >= 0.3 is 0 Å². The molecular weight excluding hydrogens is 182 g/mol. The van der Waals surface area contributed by atoms with Gasteiger partial charge in [0, 0.05) is 0 Å². The van der Waals surface area contributed by atoms with Crippen molar-refractivity contribution in [1.82, 2.24) is 0 Å². The van der Waals surface area contributed by atoms with E-state index in [1.165, 1.54) is 0 Å². The van der Waals surface area contributed by atoms with Crippen molar-refractivity contribution in [2.24, 2.45) is 5.73 Å². The Morgan fingerprint density at radius 1 is 1.43 bits per heavy atom. The van der Waals surface area contributed by atoms with Crippen LogP contribution in [-0.2, 0) is 0 Å². The SMILES string of the molecule is Cc1cc2c(cc1[C@H](N)CO)OCO2. The zero-order chi connectivity index (χ0) is 10.1. The molecule has 14 heavy (non-hydrogen) atoms. The standard InChI is InChI=1S/C10H13NO3/c1-6-2-9-10(14-5-13-9)3-7(6)8(11)4-12/h2-3,8,12H,4-5,11H2,1H3/t8-/m1/s1. The molecule has 0 bridgehead atoms. The molecule has 4 nitrogen and oxygen atoms in total. The first-order chi connectivity index (χ1) is 6.72. The van der Waals surface area contributed by atoms with E-state index >= 15 is 0 Å². The number of nitrogens with two attached hydrogens (primary N) is 1. The number of ether oxygens (including phenoxy) is 2. The second kappa shape index (κ2) is 3.48. The average molecular weight is 195 g/mol. The first-order valence-electron chi connectivity index (χ1n) is 4.49. The van der Waals surface area contributed by atoms with Crippen LogP contribution in [0.3, 0.4) is 0 Å². The third-order valence-electron chi connectivity index (χ3n) is 2.36. The van der Waals surface area contributed by atoms with Crippen molar-refractivity contribution >= 4 is 0 Å². The second-order valence-electron chi connectivity index (χ2n) is 3.35. The van der Waals surface area contributed by atoms with Crippen molar-refractivity contribution in [3.05, 3.63) is 23.3 Å². The number of aryl methyl sites for hydroxylation is 1. The van der Waals surface area contributed by atoms with Gasteiger partial charge in [-0.1, -0.05) is 0 Å². The number of hydrogen-bond donors (Lipinski definition) is 2. The number of rotatable bonds is 2. The molecule has 0 spiro atoms. The van der Waals surface area contributed by atoms with E-state index < -0.39 is 0 Å². The lowest BCUT2D eigenvalue weighted by Gasteiger charge is -2.12. The van der Waals surface area contributed by atoms with E-state index in [0.717, 1.165) is 16.9 Å². The van der Waals surface area contributed by atoms with Gasteiger partial charge < -0.3 is 20.3 Å². The quantitative estimate of drug-likeness (QED) is 0.729. The van der Waals surface area contributed by atoms with Gasteiger partial charge in [0.05, 0.1) is 12.6 Å². The molecule has 0 aromatic heterocycles. The van der Waals surface area contributed by atoms with E-state index in [0.29, 0.717) is 5.75 Å². The van der Waals surface area contributed by atoms with Crippen LogP contribution >= 0.6 is 0 Å². The molecule has 1 atom stereocenters. The van der Waals surface area contributed by atoms with Crippen LogP contribution in [0.5, 0.6) is 11.5 Å². The van der Waals surface area contributed by atoms with E-state index in [1.54, 1.807) is 0 Å². The number of benzene rings is 1. The summed E-state index contributed by atoms with van der Waals surface area (Å²) in [4.78, 5) is 0. The lowest BCUT2D eigenvalue weighted by Crippen LogP contribution is -2.15. The van der Waals surface area contributed by atoms with Crippen molar-refractivity contribution in [3.63, 3.8) is 0 Å². The van der Waals surface area contributed by atoms with E-state index in [2.05, 4.69) is 0 Å². The summed E-state index contributed by atoms with van der Waals surface area (Å²) in [5.74, 6) is 1.45. The second-order valence-corrected chi connectivity index (χ2v) is 3.35. The predicted molar refractivity (Wildman–Crippen MR) is 51.3 cm³/mol. The molecule has 1 aromatic rings. The summed E-state index contributed by atoms with van der Waals surface area (Å²) in [6.07, 6.45) is 0. The average Bonchev–Trinajstić information content (AvgIpc) is 2.62. The smallest absolute Gasteiger partial charge is 0.231 e. The van der Waals surface area contributed by atoms with Crippen molar-refractivity contribution in [3.8, 4) is 11.5 Å². The maximum Gasteiger partial charge on any atom is 0.231 e. The molecule has 0 saturated carbocycles. The van der Waals surface area contributed by atoms with E-state index in [9.17, 15) is 0 Å². The van der Waals surface area contributed by atoms with Crippen molar-refractivity contribution in [1.29, 1.82) is 0 Å². The van der Waals surface area contributed by atoms with Crippen LogP contribution in [0.15, 0.2) is 12.1 Å². The van der Waals surface area contributed by atoms with E-state index in [-0.39, 0.29) is 19.4 Å². The first kappa shape index (κ1) is 9.30. The zero-order valence-electron chi connectivity index (χ0n) is 7.99. The molecule has 1 aliphatic rings. The summed E-state index contributed by atoms with van der Waals surface area (Å²) in [5.41, 5.74) is 7.65. The molecule has 1 heterocycles. The van der Waals surface area contributed by atoms with Gasteiger partial charge in [-0.2, -0.15) is 0 Å². The minimum absolute atomic E-state index is 0.0690. The summed E-state index contributed by atoms with van der Waals surface area (Å²) in [7, 11) is 0. The van der Waals surface area contributed by atoms with Gasteiger partial charge in [-0.3, -0.25) is 0 Å². The highest BCUT2D eigenvalue weighted by Crippen LogP contribution is 2.35. The van der Waals surface area contributed by atoms with Crippen molar-refractivity contribution < 1.29 is 14.6 Å². The Morgan fingerprint density at radius 3 is 2.71 bits per heavy atom. The first-order valence-corrected chi connectivity index (χ1v) is 4.49. The largest absolute Gasteiger partial charge is 0.454 e. The lowest BCUT2D eigenvalue weighted by atomic mass is 10.0. The lowest BCUT2D eigenvalue weighted by molar-refractivity contribution is 0.174. The van der Waals surface area contributed by atoms with Crippen LogP contribution in [0.2, 0.25) is 0 Å². The van der Waals surface area contributed by atoms with Gasteiger partial charge in [0.2, 0.25) is 6.79 Å². The van der Waals surface area contributed by atoms with Gasteiger partial charge in [-0.25, -0.2) is 0 Å². The third-order valence-corrected chi connectivity index (χ3v) is 2.36. The van der Waals surface area contributed by atoms with Crippen LogP contribution in [0.1, 0.15) is 17.2 Å². The maximum atomic E-state index is 8.96. The normalized spacial score (nSPS) is 15.6. The van der Waals surface area contributed by atoms with Crippen LogP contribution in [0, 0.1) is 6.92 Å². The number of aliphatic hydroxyl groups excluding tert-OH is 1. The van der Waals surface area contributed by atoms with Gasteiger partial charge in [0.1, 0.15) is 0 Å². The van der Waals surface area contributed by atoms with Gasteiger partial charge in [-0.05, 0) is 30.2 Å². The summed E-state index contributed by atoms with van der Waals surface area (Å²) in [5, 5.41) is 8.96. The molecule has 0 radical (unpaired) electrons. The molecule has 1 aromatic carbocycles. The Balaban J connectivity index is 2.42. The minimum Gasteiger partial charge on any atom is -0.454 e. The molecule has 0 aliphatic carbocycles.